The molecule has 0 fully saturated rings. The number of aromatic nitrogens is 1. The average molecular weight is 313 g/mol. The third kappa shape index (κ3) is 2.44. The van der Waals surface area contributed by atoms with E-state index in [2.05, 4.69) is 6.92 Å². The van der Waals surface area contributed by atoms with Gasteiger partial charge in [0, 0.05) is 11.1 Å². The second kappa shape index (κ2) is 5.61. The zero-order chi connectivity index (χ0) is 15.7. The molecule has 0 unspecified atom stereocenters. The van der Waals surface area contributed by atoms with Gasteiger partial charge in [0.25, 0.3) is 10.0 Å². The summed E-state index contributed by atoms with van der Waals surface area (Å²) in [6.07, 6.45) is 1.64. The Kier molecular flexibility index (Phi) is 3.79. The second-order valence-electron chi connectivity index (χ2n) is 5.53. The number of nitrogens with zero attached hydrogens (tertiary/aromatic N) is 1. The van der Waals surface area contributed by atoms with Crippen LogP contribution in [-0.2, 0) is 16.4 Å². The van der Waals surface area contributed by atoms with E-state index in [4.69, 9.17) is 0 Å². The highest BCUT2D eigenvalue weighted by molar-refractivity contribution is 7.90. The Balaban J connectivity index is 2.31. The quantitative estimate of drug-likeness (QED) is 0.726. The van der Waals surface area contributed by atoms with Crippen molar-refractivity contribution in [3.05, 3.63) is 65.9 Å². The van der Waals surface area contributed by atoms with Crippen molar-refractivity contribution in [1.29, 1.82) is 0 Å². The fourth-order valence-electron chi connectivity index (χ4n) is 2.78. The predicted molar refractivity (Wildman–Crippen MR) is 89.7 cm³/mol. The van der Waals surface area contributed by atoms with Gasteiger partial charge in [0.05, 0.1) is 10.4 Å². The highest BCUT2D eigenvalue weighted by Crippen LogP contribution is 2.27. The molecule has 2 aromatic carbocycles. The van der Waals surface area contributed by atoms with Crippen molar-refractivity contribution >= 4 is 20.9 Å². The van der Waals surface area contributed by atoms with E-state index in [1.54, 1.807) is 24.3 Å². The third-order valence-electron chi connectivity index (χ3n) is 3.77. The summed E-state index contributed by atoms with van der Waals surface area (Å²) in [6.45, 7) is 4.07. The number of hydrogen-bond donors (Lipinski definition) is 0. The molecule has 0 saturated heterocycles. The molecule has 3 rings (SSSR count). The molecule has 0 spiro atoms. The lowest BCUT2D eigenvalue weighted by Crippen LogP contribution is -2.15. The number of hydrogen-bond acceptors (Lipinski definition) is 2. The normalized spacial score (nSPS) is 11.9. The molecule has 4 heteroatoms. The van der Waals surface area contributed by atoms with Crippen LogP contribution < -0.4 is 0 Å². The molecule has 1 aromatic heterocycles. The van der Waals surface area contributed by atoms with Gasteiger partial charge in [-0.05, 0) is 43.7 Å². The first-order chi connectivity index (χ1) is 10.5. The molecule has 0 aliphatic rings. The SMILES string of the molecule is CCCc1cc2cc(C)ccc2n1S(=O)(=O)c1ccccc1. The van der Waals surface area contributed by atoms with E-state index in [1.165, 1.54) is 3.97 Å². The van der Waals surface area contributed by atoms with E-state index in [1.807, 2.05) is 37.3 Å². The summed E-state index contributed by atoms with van der Waals surface area (Å²) < 4.78 is 27.6. The van der Waals surface area contributed by atoms with Crippen LogP contribution in [0.25, 0.3) is 10.9 Å². The van der Waals surface area contributed by atoms with E-state index >= 15 is 0 Å². The van der Waals surface area contributed by atoms with E-state index in [-0.39, 0.29) is 0 Å². The molecule has 0 bridgehead atoms. The third-order valence-corrected chi connectivity index (χ3v) is 5.55. The Morgan fingerprint density at radius 1 is 1.00 bits per heavy atom. The molecule has 3 aromatic rings. The largest absolute Gasteiger partial charge is 0.268 e. The Labute approximate surface area is 131 Å². The minimum atomic E-state index is -3.57. The topological polar surface area (TPSA) is 39.1 Å². The maximum absolute atomic E-state index is 13.1. The molecule has 3 nitrogen and oxygen atoms in total. The first-order valence-electron chi connectivity index (χ1n) is 7.45. The average Bonchev–Trinajstić information content (AvgIpc) is 2.86. The summed E-state index contributed by atoms with van der Waals surface area (Å²) >= 11 is 0. The van der Waals surface area contributed by atoms with Gasteiger partial charge in [-0.15, -0.1) is 0 Å². The van der Waals surface area contributed by atoms with Crippen LogP contribution in [-0.4, -0.2) is 12.4 Å². The van der Waals surface area contributed by atoms with Crippen LogP contribution in [0.3, 0.4) is 0 Å². The van der Waals surface area contributed by atoms with Crippen molar-refractivity contribution in [1.82, 2.24) is 3.97 Å². The zero-order valence-corrected chi connectivity index (χ0v) is 13.6. The summed E-state index contributed by atoms with van der Waals surface area (Å²) in [6, 6.07) is 16.5. The molecule has 114 valence electrons. The maximum Gasteiger partial charge on any atom is 0.268 e. The van der Waals surface area contributed by atoms with Crippen LogP contribution in [0, 0.1) is 6.92 Å². The minimum Gasteiger partial charge on any atom is -0.238 e. The van der Waals surface area contributed by atoms with Gasteiger partial charge in [-0.1, -0.05) is 43.2 Å². The van der Waals surface area contributed by atoms with Crippen molar-refractivity contribution in [2.45, 2.75) is 31.6 Å². The van der Waals surface area contributed by atoms with Crippen LogP contribution in [0.2, 0.25) is 0 Å². The van der Waals surface area contributed by atoms with Crippen molar-refractivity contribution < 1.29 is 8.42 Å². The molecule has 0 atom stereocenters. The fraction of sp³-hybridized carbons (Fsp3) is 0.222. The first kappa shape index (κ1) is 14.9. The van der Waals surface area contributed by atoms with Crippen molar-refractivity contribution in [3.63, 3.8) is 0 Å². The van der Waals surface area contributed by atoms with Crippen LogP contribution in [0.15, 0.2) is 59.5 Å². The fourth-order valence-corrected chi connectivity index (χ4v) is 4.37. The van der Waals surface area contributed by atoms with Crippen LogP contribution >= 0.6 is 0 Å². The lowest BCUT2D eigenvalue weighted by Gasteiger charge is -2.11. The minimum absolute atomic E-state index is 0.324. The van der Waals surface area contributed by atoms with E-state index in [0.717, 1.165) is 35.0 Å². The standard InChI is InChI=1S/C18H19NO2S/c1-3-7-16-13-15-12-14(2)10-11-18(15)19(16)22(20,21)17-8-5-4-6-9-17/h4-6,8-13H,3,7H2,1-2H3. The summed E-state index contributed by atoms with van der Waals surface area (Å²) in [5.41, 5.74) is 2.72. The van der Waals surface area contributed by atoms with Gasteiger partial charge in [-0.25, -0.2) is 12.4 Å². The van der Waals surface area contributed by atoms with Gasteiger partial charge in [0.15, 0.2) is 0 Å². The maximum atomic E-state index is 13.1. The lowest BCUT2D eigenvalue weighted by atomic mass is 10.2. The molecule has 0 saturated carbocycles. The van der Waals surface area contributed by atoms with Crippen molar-refractivity contribution in [2.75, 3.05) is 0 Å². The van der Waals surface area contributed by atoms with Crippen LogP contribution in [0.5, 0.6) is 0 Å². The lowest BCUT2D eigenvalue weighted by molar-refractivity contribution is 0.586. The van der Waals surface area contributed by atoms with Crippen molar-refractivity contribution in [2.24, 2.45) is 0 Å². The molecule has 0 amide bonds. The van der Waals surface area contributed by atoms with E-state index in [9.17, 15) is 8.42 Å². The number of benzene rings is 2. The zero-order valence-electron chi connectivity index (χ0n) is 12.8. The Morgan fingerprint density at radius 2 is 1.73 bits per heavy atom. The Morgan fingerprint density at radius 3 is 2.41 bits per heavy atom. The smallest absolute Gasteiger partial charge is 0.238 e. The van der Waals surface area contributed by atoms with Gasteiger partial charge in [-0.3, -0.25) is 0 Å². The molecular formula is C18H19NO2S. The summed E-state index contributed by atoms with van der Waals surface area (Å²) in [4.78, 5) is 0.324. The highest BCUT2D eigenvalue weighted by Gasteiger charge is 2.22. The summed E-state index contributed by atoms with van der Waals surface area (Å²) in [5.74, 6) is 0. The van der Waals surface area contributed by atoms with Gasteiger partial charge >= 0.3 is 0 Å². The highest BCUT2D eigenvalue weighted by atomic mass is 32.2. The Hall–Kier alpha value is -2.07. The van der Waals surface area contributed by atoms with Gasteiger partial charge in [0.1, 0.15) is 0 Å². The number of aryl methyl sites for hydroxylation is 2. The molecule has 1 heterocycles. The van der Waals surface area contributed by atoms with Gasteiger partial charge in [0.2, 0.25) is 0 Å². The number of fused-ring (bicyclic) bond motifs is 1. The molecule has 0 aliphatic carbocycles. The summed E-state index contributed by atoms with van der Waals surface area (Å²) in [7, 11) is -3.57. The molecule has 22 heavy (non-hydrogen) atoms. The molecule has 0 N–H and O–H groups in total. The van der Waals surface area contributed by atoms with Crippen LogP contribution in [0.1, 0.15) is 24.6 Å². The number of rotatable bonds is 4. The second-order valence-corrected chi connectivity index (χ2v) is 7.32. The monoisotopic (exact) mass is 313 g/mol. The Bertz CT molecular complexity index is 909. The summed E-state index contributed by atoms with van der Waals surface area (Å²) in [5, 5.41) is 0.975. The molecule has 0 aliphatic heterocycles. The predicted octanol–water partition coefficient (Wildman–Crippen LogP) is 4.14. The first-order valence-corrected chi connectivity index (χ1v) is 8.89. The van der Waals surface area contributed by atoms with E-state index in [0.29, 0.717) is 4.90 Å². The molecular weight excluding hydrogens is 294 g/mol. The van der Waals surface area contributed by atoms with Crippen molar-refractivity contribution in [3.8, 4) is 0 Å². The molecule has 0 radical (unpaired) electrons. The van der Waals surface area contributed by atoms with Crippen LogP contribution in [0.4, 0.5) is 0 Å². The van der Waals surface area contributed by atoms with Gasteiger partial charge in [-0.2, -0.15) is 0 Å². The van der Waals surface area contributed by atoms with Gasteiger partial charge < -0.3 is 0 Å². The van der Waals surface area contributed by atoms with E-state index < -0.39 is 10.0 Å².